The van der Waals surface area contributed by atoms with Crippen LogP contribution in [0.4, 0.5) is 14.5 Å². The molecule has 0 amide bonds. The van der Waals surface area contributed by atoms with E-state index in [4.69, 9.17) is 0 Å². The average molecular weight is 301 g/mol. The smallest absolute Gasteiger partial charge is 0.263 e. The van der Waals surface area contributed by atoms with Gasteiger partial charge in [-0.3, -0.25) is 4.72 Å². The van der Waals surface area contributed by atoms with Crippen molar-refractivity contribution in [3.05, 3.63) is 47.8 Å². The van der Waals surface area contributed by atoms with E-state index < -0.39 is 21.7 Å². The molecule has 0 aliphatic heterocycles. The Hall–Kier alpha value is -1.93. The van der Waals surface area contributed by atoms with E-state index in [0.29, 0.717) is 18.3 Å². The minimum Gasteiger partial charge on any atom is -0.363 e. The number of anilines is 1. The molecular formula is C12H13F2N3O2S. The van der Waals surface area contributed by atoms with E-state index in [1.165, 1.54) is 12.3 Å². The molecule has 1 heterocycles. The van der Waals surface area contributed by atoms with Crippen LogP contribution in [0.2, 0.25) is 0 Å². The SMILES string of the molecule is CNCc1cc(S(=O)(=O)Nc2cc(F)cc(F)c2)c[nH]1. The minimum atomic E-state index is -3.89. The van der Waals surface area contributed by atoms with E-state index in [1.807, 2.05) is 0 Å². The number of hydrogen-bond acceptors (Lipinski definition) is 3. The number of aromatic amines is 1. The molecule has 1 aromatic heterocycles. The van der Waals surface area contributed by atoms with E-state index >= 15 is 0 Å². The number of rotatable bonds is 5. The Morgan fingerprint density at radius 1 is 1.15 bits per heavy atom. The van der Waals surface area contributed by atoms with Gasteiger partial charge in [0.15, 0.2) is 0 Å². The maximum Gasteiger partial charge on any atom is 0.263 e. The van der Waals surface area contributed by atoms with Gasteiger partial charge in [-0.2, -0.15) is 0 Å². The maximum absolute atomic E-state index is 13.0. The first-order valence-electron chi connectivity index (χ1n) is 5.71. The third-order valence-electron chi connectivity index (χ3n) is 2.51. The highest BCUT2D eigenvalue weighted by Gasteiger charge is 2.17. The lowest BCUT2D eigenvalue weighted by Gasteiger charge is -2.06. The molecule has 0 bridgehead atoms. The van der Waals surface area contributed by atoms with Gasteiger partial charge < -0.3 is 10.3 Å². The van der Waals surface area contributed by atoms with Gasteiger partial charge in [0.2, 0.25) is 0 Å². The van der Waals surface area contributed by atoms with E-state index in [-0.39, 0.29) is 10.6 Å². The summed E-state index contributed by atoms with van der Waals surface area (Å²) >= 11 is 0. The molecule has 0 radical (unpaired) electrons. The van der Waals surface area contributed by atoms with Gasteiger partial charge in [0.25, 0.3) is 10.0 Å². The molecule has 2 rings (SSSR count). The summed E-state index contributed by atoms with van der Waals surface area (Å²) in [6, 6.07) is 3.91. The van der Waals surface area contributed by atoms with E-state index in [9.17, 15) is 17.2 Å². The molecule has 0 aliphatic carbocycles. The van der Waals surface area contributed by atoms with Crippen LogP contribution in [0.25, 0.3) is 0 Å². The number of sulfonamides is 1. The van der Waals surface area contributed by atoms with Gasteiger partial charge in [-0.1, -0.05) is 0 Å². The third-order valence-corrected chi connectivity index (χ3v) is 3.87. The van der Waals surface area contributed by atoms with Crippen molar-refractivity contribution in [1.82, 2.24) is 10.3 Å². The lowest BCUT2D eigenvalue weighted by atomic mass is 10.3. The van der Waals surface area contributed by atoms with E-state index in [0.717, 1.165) is 12.1 Å². The first kappa shape index (κ1) is 14.5. The molecular weight excluding hydrogens is 288 g/mol. The van der Waals surface area contributed by atoms with Gasteiger partial charge in [0, 0.05) is 24.5 Å². The highest BCUT2D eigenvalue weighted by atomic mass is 32.2. The lowest BCUT2D eigenvalue weighted by molar-refractivity contribution is 0.584. The lowest BCUT2D eigenvalue weighted by Crippen LogP contribution is -2.12. The van der Waals surface area contributed by atoms with Crippen LogP contribution in [-0.2, 0) is 16.6 Å². The molecule has 5 nitrogen and oxygen atoms in total. The standard InChI is InChI=1S/C12H13F2N3O2S/c1-15-6-11-5-12(7-16-11)20(18,19)17-10-3-8(13)2-9(14)4-10/h2-5,7,15-17H,6H2,1H3. The second kappa shape index (κ2) is 5.59. The van der Waals surface area contributed by atoms with E-state index in [1.54, 1.807) is 7.05 Å². The van der Waals surface area contributed by atoms with Crippen molar-refractivity contribution in [2.24, 2.45) is 0 Å². The van der Waals surface area contributed by atoms with Crippen molar-refractivity contribution in [3.63, 3.8) is 0 Å². The number of aromatic nitrogens is 1. The summed E-state index contributed by atoms with van der Waals surface area (Å²) in [4.78, 5) is 2.78. The zero-order chi connectivity index (χ0) is 14.8. The molecule has 2 aromatic rings. The topological polar surface area (TPSA) is 74.0 Å². The van der Waals surface area contributed by atoms with E-state index in [2.05, 4.69) is 15.0 Å². The fourth-order valence-corrected chi connectivity index (χ4v) is 2.75. The van der Waals surface area contributed by atoms with Crippen LogP contribution in [0.15, 0.2) is 35.4 Å². The summed E-state index contributed by atoms with van der Waals surface area (Å²) in [5.74, 6) is -1.71. The van der Waals surface area contributed by atoms with Crippen LogP contribution in [0.1, 0.15) is 5.69 Å². The Morgan fingerprint density at radius 2 is 1.80 bits per heavy atom. The Morgan fingerprint density at radius 3 is 2.40 bits per heavy atom. The molecule has 20 heavy (non-hydrogen) atoms. The van der Waals surface area contributed by atoms with Crippen LogP contribution in [0, 0.1) is 11.6 Å². The first-order valence-corrected chi connectivity index (χ1v) is 7.20. The second-order valence-corrected chi connectivity index (χ2v) is 5.84. The molecule has 0 spiro atoms. The Balaban J connectivity index is 2.25. The molecule has 0 unspecified atom stereocenters. The summed E-state index contributed by atoms with van der Waals surface area (Å²) < 4.78 is 52.3. The van der Waals surface area contributed by atoms with Gasteiger partial charge in [-0.15, -0.1) is 0 Å². The zero-order valence-corrected chi connectivity index (χ0v) is 11.4. The number of nitrogens with one attached hydrogen (secondary N) is 3. The zero-order valence-electron chi connectivity index (χ0n) is 10.6. The fourth-order valence-electron chi connectivity index (χ4n) is 1.69. The van der Waals surface area contributed by atoms with Crippen molar-refractivity contribution in [2.45, 2.75) is 11.4 Å². The van der Waals surface area contributed by atoms with Crippen molar-refractivity contribution in [2.75, 3.05) is 11.8 Å². The molecule has 108 valence electrons. The maximum atomic E-state index is 13.0. The molecule has 0 aliphatic rings. The van der Waals surface area contributed by atoms with Crippen molar-refractivity contribution in [3.8, 4) is 0 Å². The van der Waals surface area contributed by atoms with Crippen molar-refractivity contribution in [1.29, 1.82) is 0 Å². The average Bonchev–Trinajstić information content (AvgIpc) is 2.76. The molecule has 0 saturated carbocycles. The quantitative estimate of drug-likeness (QED) is 0.788. The summed E-state index contributed by atoms with van der Waals surface area (Å²) in [5, 5.41) is 2.87. The van der Waals surface area contributed by atoms with Crippen LogP contribution >= 0.6 is 0 Å². The summed E-state index contributed by atoms with van der Waals surface area (Å²) in [5.41, 5.74) is 0.511. The van der Waals surface area contributed by atoms with Gasteiger partial charge in [-0.25, -0.2) is 17.2 Å². The van der Waals surface area contributed by atoms with Gasteiger partial charge in [0.1, 0.15) is 16.5 Å². The van der Waals surface area contributed by atoms with Crippen LogP contribution in [-0.4, -0.2) is 20.4 Å². The van der Waals surface area contributed by atoms with Gasteiger partial charge in [-0.05, 0) is 25.2 Å². The monoisotopic (exact) mass is 301 g/mol. The van der Waals surface area contributed by atoms with Crippen LogP contribution in [0.5, 0.6) is 0 Å². The molecule has 1 aromatic carbocycles. The summed E-state index contributed by atoms with van der Waals surface area (Å²) in [6.07, 6.45) is 1.31. The highest BCUT2D eigenvalue weighted by Crippen LogP contribution is 2.19. The number of H-pyrrole nitrogens is 1. The normalized spacial score (nSPS) is 11.6. The first-order chi connectivity index (χ1) is 9.40. The Labute approximate surface area is 115 Å². The Bertz CT molecular complexity index is 693. The highest BCUT2D eigenvalue weighted by molar-refractivity contribution is 7.92. The molecule has 0 fully saturated rings. The van der Waals surface area contributed by atoms with Gasteiger partial charge >= 0.3 is 0 Å². The number of halogens is 2. The Kier molecular flexibility index (Phi) is 4.05. The molecule has 3 N–H and O–H groups in total. The number of hydrogen-bond donors (Lipinski definition) is 3. The predicted octanol–water partition coefficient (Wildman–Crippen LogP) is 1.81. The van der Waals surface area contributed by atoms with Crippen molar-refractivity contribution < 1.29 is 17.2 Å². The second-order valence-electron chi connectivity index (χ2n) is 4.15. The molecule has 0 atom stereocenters. The van der Waals surface area contributed by atoms with Gasteiger partial charge in [0.05, 0.1) is 5.69 Å². The predicted molar refractivity (Wildman–Crippen MR) is 70.7 cm³/mol. The van der Waals surface area contributed by atoms with Crippen LogP contribution in [0.3, 0.4) is 0 Å². The summed E-state index contributed by atoms with van der Waals surface area (Å²) in [6.45, 7) is 0.476. The van der Waals surface area contributed by atoms with Crippen LogP contribution < -0.4 is 10.0 Å². The third kappa shape index (κ3) is 3.34. The minimum absolute atomic E-state index is 0.00702. The summed E-state index contributed by atoms with van der Waals surface area (Å²) in [7, 11) is -2.16. The molecule has 8 heteroatoms. The molecule has 0 saturated heterocycles. The largest absolute Gasteiger partial charge is 0.363 e. The number of benzene rings is 1. The fraction of sp³-hybridized carbons (Fsp3) is 0.167. The van der Waals surface area contributed by atoms with Crippen molar-refractivity contribution >= 4 is 15.7 Å².